The molecule has 76 heavy (non-hydrogen) atoms. The fourth-order valence-electron chi connectivity index (χ4n) is 11.5. The average molecular weight is 967 g/mol. The van der Waals surface area contributed by atoms with Crippen molar-refractivity contribution in [1.29, 1.82) is 0 Å². The largest absolute Gasteiger partial charge is 0.311 e. The molecule has 13 aromatic carbocycles. The van der Waals surface area contributed by atoms with Crippen LogP contribution in [0, 0.1) is 0 Å². The summed E-state index contributed by atoms with van der Waals surface area (Å²) in [6, 6.07) is 110. The molecule has 0 saturated heterocycles. The van der Waals surface area contributed by atoms with Crippen molar-refractivity contribution in [2.45, 2.75) is 0 Å². The molecule has 0 atom stereocenters. The highest BCUT2D eigenvalue weighted by Crippen LogP contribution is 2.45. The van der Waals surface area contributed by atoms with E-state index < -0.39 is 0 Å². The van der Waals surface area contributed by atoms with Gasteiger partial charge in [-0.2, -0.15) is 0 Å². The van der Waals surface area contributed by atoms with Gasteiger partial charge in [0.15, 0.2) is 0 Å². The quantitative estimate of drug-likeness (QED) is 0.124. The van der Waals surface area contributed by atoms with Crippen LogP contribution in [0.15, 0.2) is 303 Å². The first kappa shape index (κ1) is 44.7. The molecule has 0 spiro atoms. The van der Waals surface area contributed by atoms with Gasteiger partial charge in [-0.25, -0.2) is 0 Å². The molecule has 0 aliphatic rings. The summed E-state index contributed by atoms with van der Waals surface area (Å²) in [5.74, 6) is 0. The summed E-state index contributed by atoms with van der Waals surface area (Å²) in [6.45, 7) is 0. The maximum atomic E-state index is 2.41. The van der Waals surface area contributed by atoms with Crippen molar-refractivity contribution >= 4 is 60.4 Å². The highest BCUT2D eigenvalue weighted by Gasteiger charge is 2.19. The van der Waals surface area contributed by atoms with Gasteiger partial charge in [-0.05, 0) is 161 Å². The summed E-state index contributed by atoms with van der Waals surface area (Å²) in [6.07, 6.45) is 0. The molecule has 1 aromatic heterocycles. The first-order valence-electron chi connectivity index (χ1n) is 26.2. The van der Waals surface area contributed by atoms with Crippen molar-refractivity contribution in [2.75, 3.05) is 4.90 Å². The molecule has 0 radical (unpaired) electrons. The van der Waals surface area contributed by atoms with Gasteiger partial charge in [-0.1, -0.05) is 231 Å². The van der Waals surface area contributed by atoms with Gasteiger partial charge in [-0.3, -0.25) is 0 Å². The van der Waals surface area contributed by atoms with Gasteiger partial charge >= 0.3 is 0 Å². The van der Waals surface area contributed by atoms with E-state index in [4.69, 9.17) is 0 Å². The maximum absolute atomic E-state index is 2.41. The third kappa shape index (κ3) is 8.01. The van der Waals surface area contributed by atoms with E-state index in [1.807, 2.05) is 0 Å². The Kier molecular flexibility index (Phi) is 11.2. The Morgan fingerprint density at radius 3 is 0.868 bits per heavy atom. The Bertz CT molecular complexity index is 4220. The summed E-state index contributed by atoms with van der Waals surface area (Å²) in [7, 11) is 0. The van der Waals surface area contributed by atoms with Crippen molar-refractivity contribution in [3.63, 3.8) is 0 Å². The lowest BCUT2D eigenvalue weighted by atomic mass is 9.85. The molecule has 14 rings (SSSR count). The van der Waals surface area contributed by atoms with Gasteiger partial charge in [-0.15, -0.1) is 0 Å². The van der Waals surface area contributed by atoms with E-state index in [9.17, 15) is 0 Å². The number of benzene rings is 13. The third-order valence-corrected chi connectivity index (χ3v) is 15.2. The Labute approximate surface area is 443 Å². The second kappa shape index (κ2) is 19.1. The SMILES string of the molecule is c1ccc(-c2ccc(-c3c4ccccc4c(-c4ccc(-c5ccc(N(c6ccccc6)c6ccc(-n7c8ccc(-c9ccccc9)cc8c8cc(-c9ccccc9)ccc87)cc6)cc5)cc4)c4ccccc34)cc2)cc1. The van der Waals surface area contributed by atoms with E-state index in [0.717, 1.165) is 22.7 Å². The average Bonchev–Trinajstić information content (AvgIpc) is 3.86. The first-order chi connectivity index (χ1) is 37.7. The molecule has 0 aliphatic heterocycles. The first-order valence-corrected chi connectivity index (χ1v) is 26.2. The number of rotatable bonds is 10. The van der Waals surface area contributed by atoms with Crippen LogP contribution in [0.25, 0.3) is 116 Å². The molecular formula is C74H50N2. The molecule has 2 nitrogen and oxygen atoms in total. The zero-order valence-corrected chi connectivity index (χ0v) is 41.8. The van der Waals surface area contributed by atoms with Crippen LogP contribution >= 0.6 is 0 Å². The second-order valence-corrected chi connectivity index (χ2v) is 19.6. The van der Waals surface area contributed by atoms with Gasteiger partial charge in [0, 0.05) is 33.5 Å². The molecule has 0 N–H and O–H groups in total. The van der Waals surface area contributed by atoms with Crippen LogP contribution in [0.2, 0.25) is 0 Å². The smallest absolute Gasteiger partial charge is 0.0541 e. The number of anilines is 3. The van der Waals surface area contributed by atoms with Crippen LogP contribution in [0.1, 0.15) is 0 Å². The highest BCUT2D eigenvalue weighted by atomic mass is 15.1. The van der Waals surface area contributed by atoms with Crippen molar-refractivity contribution in [3.05, 3.63) is 303 Å². The lowest BCUT2D eigenvalue weighted by Gasteiger charge is -2.26. The van der Waals surface area contributed by atoms with E-state index in [1.165, 1.54) is 110 Å². The van der Waals surface area contributed by atoms with Crippen molar-refractivity contribution in [2.24, 2.45) is 0 Å². The minimum Gasteiger partial charge on any atom is -0.311 e. The number of nitrogens with zero attached hydrogens (tertiary/aromatic N) is 2. The Morgan fingerprint density at radius 1 is 0.197 bits per heavy atom. The molecule has 0 fully saturated rings. The standard InChI is InChI=1S/C74H50N2/c1-5-17-51(18-6-1)54-29-33-57(34-30-54)73-65-25-13-15-27-67(65)74(68-28-16-14-26-66(68)73)58-35-31-55(32-36-58)56-37-41-62(42-38-56)75(61-23-11-4-12-24-61)63-43-45-64(46-44-63)76-71-47-39-59(52-19-7-2-8-20-52)49-69(71)70-50-60(40-48-72(70)76)53-21-9-3-10-22-53/h1-50H. The zero-order chi connectivity index (χ0) is 50.4. The lowest BCUT2D eigenvalue weighted by Crippen LogP contribution is -2.10. The number of aromatic nitrogens is 1. The number of fused-ring (bicyclic) bond motifs is 5. The second-order valence-electron chi connectivity index (χ2n) is 19.6. The summed E-state index contributed by atoms with van der Waals surface area (Å²) in [5.41, 5.74) is 21.3. The summed E-state index contributed by atoms with van der Waals surface area (Å²) in [4.78, 5) is 2.35. The van der Waals surface area contributed by atoms with Crippen LogP contribution in [0.3, 0.4) is 0 Å². The maximum Gasteiger partial charge on any atom is 0.0541 e. The van der Waals surface area contributed by atoms with E-state index in [2.05, 4.69) is 313 Å². The summed E-state index contributed by atoms with van der Waals surface area (Å²) in [5, 5.41) is 7.47. The van der Waals surface area contributed by atoms with Gasteiger partial charge in [0.05, 0.1) is 11.0 Å². The molecular weight excluding hydrogens is 917 g/mol. The Morgan fingerprint density at radius 2 is 0.474 bits per heavy atom. The monoisotopic (exact) mass is 966 g/mol. The molecule has 356 valence electrons. The highest BCUT2D eigenvalue weighted by molar-refractivity contribution is 6.21. The Hall–Kier alpha value is -10.0. The van der Waals surface area contributed by atoms with E-state index >= 15 is 0 Å². The fraction of sp³-hybridized carbons (Fsp3) is 0. The van der Waals surface area contributed by atoms with E-state index in [1.54, 1.807) is 0 Å². The summed E-state index contributed by atoms with van der Waals surface area (Å²) < 4.78 is 2.41. The zero-order valence-electron chi connectivity index (χ0n) is 41.8. The van der Waals surface area contributed by atoms with Gasteiger partial charge in [0.2, 0.25) is 0 Å². The van der Waals surface area contributed by atoms with Crippen LogP contribution in [-0.2, 0) is 0 Å². The van der Waals surface area contributed by atoms with Gasteiger partial charge in [0.1, 0.15) is 0 Å². The number of hydrogen-bond acceptors (Lipinski definition) is 1. The third-order valence-electron chi connectivity index (χ3n) is 15.2. The van der Waals surface area contributed by atoms with Gasteiger partial charge < -0.3 is 9.47 Å². The fourth-order valence-corrected chi connectivity index (χ4v) is 11.5. The van der Waals surface area contributed by atoms with Crippen LogP contribution in [-0.4, -0.2) is 4.57 Å². The molecule has 14 aromatic rings. The number of para-hydroxylation sites is 1. The molecule has 1 heterocycles. The normalized spacial score (nSPS) is 11.4. The molecule has 2 heteroatoms. The predicted molar refractivity (Wildman–Crippen MR) is 323 cm³/mol. The van der Waals surface area contributed by atoms with Crippen LogP contribution in [0.4, 0.5) is 17.1 Å². The van der Waals surface area contributed by atoms with Crippen molar-refractivity contribution in [1.82, 2.24) is 4.57 Å². The summed E-state index contributed by atoms with van der Waals surface area (Å²) >= 11 is 0. The molecule has 0 saturated carbocycles. The molecule has 0 aliphatic carbocycles. The van der Waals surface area contributed by atoms with E-state index in [-0.39, 0.29) is 0 Å². The van der Waals surface area contributed by atoms with Crippen LogP contribution < -0.4 is 4.90 Å². The minimum absolute atomic E-state index is 1.08. The Balaban J connectivity index is 0.793. The predicted octanol–water partition coefficient (Wildman–Crippen LogP) is 20.6. The molecule has 0 amide bonds. The van der Waals surface area contributed by atoms with Crippen molar-refractivity contribution < 1.29 is 0 Å². The minimum atomic E-state index is 1.08. The lowest BCUT2D eigenvalue weighted by molar-refractivity contribution is 1.17. The van der Waals surface area contributed by atoms with Crippen molar-refractivity contribution in [3.8, 4) is 72.4 Å². The molecule has 0 bridgehead atoms. The van der Waals surface area contributed by atoms with E-state index in [0.29, 0.717) is 0 Å². The molecule has 0 unspecified atom stereocenters. The van der Waals surface area contributed by atoms with Gasteiger partial charge in [0.25, 0.3) is 0 Å². The topological polar surface area (TPSA) is 8.17 Å². The van der Waals surface area contributed by atoms with Crippen LogP contribution in [0.5, 0.6) is 0 Å². The number of hydrogen-bond donors (Lipinski definition) is 0.